The summed E-state index contributed by atoms with van der Waals surface area (Å²) < 4.78 is 21.8. The lowest BCUT2D eigenvalue weighted by Gasteiger charge is -2.38. The van der Waals surface area contributed by atoms with Gasteiger partial charge in [-0.1, -0.05) is 61.5 Å². The Kier molecular flexibility index (Phi) is 13.4. The van der Waals surface area contributed by atoms with Gasteiger partial charge in [0, 0.05) is 49.8 Å². The maximum atomic E-state index is 13.4. The fourth-order valence-corrected chi connectivity index (χ4v) is 5.26. The predicted molar refractivity (Wildman–Crippen MR) is 164 cm³/mol. The molecule has 1 N–H and O–H groups in total. The zero-order valence-corrected chi connectivity index (χ0v) is 25.1. The van der Waals surface area contributed by atoms with E-state index in [0.717, 1.165) is 16.8 Å². The van der Waals surface area contributed by atoms with Crippen molar-refractivity contribution >= 4 is 23.3 Å². The summed E-state index contributed by atoms with van der Waals surface area (Å²) in [4.78, 5) is 38.9. The average molecular weight is 593 g/mol. The van der Waals surface area contributed by atoms with Gasteiger partial charge in [-0.05, 0) is 22.8 Å². The van der Waals surface area contributed by atoms with Crippen molar-refractivity contribution in [2.24, 2.45) is 0 Å². The minimum absolute atomic E-state index is 0.0625. The third-order valence-corrected chi connectivity index (χ3v) is 7.71. The number of anilines is 1. The van der Waals surface area contributed by atoms with Crippen LogP contribution in [0.1, 0.15) is 61.1 Å². The Morgan fingerprint density at radius 2 is 1.30 bits per heavy atom. The van der Waals surface area contributed by atoms with Crippen molar-refractivity contribution in [2.45, 2.75) is 51.0 Å². The van der Waals surface area contributed by atoms with Crippen LogP contribution in [-0.4, -0.2) is 77.0 Å². The molecular formula is C34H44N2O7. The zero-order valence-electron chi connectivity index (χ0n) is 25.1. The molecule has 0 saturated heterocycles. The van der Waals surface area contributed by atoms with Gasteiger partial charge in [-0.2, -0.15) is 0 Å². The monoisotopic (exact) mass is 592 g/mol. The van der Waals surface area contributed by atoms with Crippen LogP contribution in [0.5, 0.6) is 0 Å². The number of carbonyl (C=O) groups is 3. The number of benzene rings is 2. The number of nitrogens with zero attached hydrogens (tertiary/aromatic N) is 1. The molecule has 232 valence electrons. The lowest BCUT2D eigenvalue weighted by molar-refractivity contribution is -0.125. The second-order valence-electron chi connectivity index (χ2n) is 10.6. The Bertz CT molecular complexity index is 1230. The fraction of sp³-hybridized carbons (Fsp3) is 0.500. The molecule has 9 heteroatoms. The number of ether oxygens (including phenoxy) is 4. The normalized spacial score (nSPS) is 16.7. The minimum atomic E-state index is -0.172. The largest absolute Gasteiger partial charge is 0.379 e. The molecule has 0 spiro atoms. The van der Waals surface area contributed by atoms with E-state index in [1.54, 1.807) is 0 Å². The van der Waals surface area contributed by atoms with Crippen LogP contribution < -0.4 is 10.2 Å². The highest BCUT2D eigenvalue weighted by Gasteiger charge is 2.34. The summed E-state index contributed by atoms with van der Waals surface area (Å²) in [6, 6.07) is 16.4. The van der Waals surface area contributed by atoms with Crippen LogP contribution in [0.25, 0.3) is 0 Å². The Labute approximate surface area is 254 Å². The summed E-state index contributed by atoms with van der Waals surface area (Å²) in [5.41, 5.74) is 4.48. The van der Waals surface area contributed by atoms with Crippen LogP contribution in [0.15, 0.2) is 60.7 Å². The van der Waals surface area contributed by atoms with E-state index in [2.05, 4.69) is 41.7 Å². The molecule has 0 fully saturated rings. The maximum absolute atomic E-state index is 13.4. The van der Waals surface area contributed by atoms with Crippen LogP contribution in [0.4, 0.5) is 5.69 Å². The number of hydrogen-bond donors (Lipinski definition) is 1. The molecule has 2 unspecified atom stereocenters. The summed E-state index contributed by atoms with van der Waals surface area (Å²) >= 11 is 0. The first-order valence-electron chi connectivity index (χ1n) is 15.3. The first-order valence-corrected chi connectivity index (χ1v) is 15.3. The van der Waals surface area contributed by atoms with Crippen molar-refractivity contribution in [1.82, 2.24) is 5.32 Å². The topological polar surface area (TPSA) is 103 Å². The van der Waals surface area contributed by atoms with E-state index < -0.39 is 0 Å². The lowest BCUT2D eigenvalue weighted by Crippen LogP contribution is -2.36. The van der Waals surface area contributed by atoms with Gasteiger partial charge in [0.25, 0.3) is 0 Å². The number of amides is 2. The Hall–Kier alpha value is -3.37. The SMILES string of the molecule is CCC(=O)CCOCCOCCOCCOCCNC(=O)CCC(=O)N1Cc2ccccc2C2C=CC2c2ccccc21. The van der Waals surface area contributed by atoms with Crippen LogP contribution in [0.2, 0.25) is 0 Å². The molecule has 2 aromatic carbocycles. The van der Waals surface area contributed by atoms with Crippen LogP contribution in [0, 0.1) is 0 Å². The third-order valence-electron chi connectivity index (χ3n) is 7.71. The Balaban J connectivity index is 1.07. The molecule has 0 aromatic heterocycles. The Morgan fingerprint density at radius 3 is 1.98 bits per heavy atom. The van der Waals surface area contributed by atoms with Crippen molar-refractivity contribution in [3.05, 3.63) is 77.4 Å². The second-order valence-corrected chi connectivity index (χ2v) is 10.6. The number of hydrogen-bond acceptors (Lipinski definition) is 7. The van der Waals surface area contributed by atoms with Gasteiger partial charge in [-0.15, -0.1) is 0 Å². The highest BCUT2D eigenvalue weighted by atomic mass is 16.6. The molecule has 43 heavy (non-hydrogen) atoms. The van der Waals surface area contributed by atoms with Crippen molar-refractivity contribution in [3.63, 3.8) is 0 Å². The highest BCUT2D eigenvalue weighted by molar-refractivity contribution is 5.96. The molecule has 1 aliphatic heterocycles. The highest BCUT2D eigenvalue weighted by Crippen LogP contribution is 2.48. The van der Waals surface area contributed by atoms with Gasteiger partial charge in [0.05, 0.1) is 59.4 Å². The number of para-hydroxylation sites is 1. The molecule has 2 amide bonds. The number of Topliss-reactive ketones (excluding diaryl/α,β-unsaturated/α-hetero) is 1. The first-order chi connectivity index (χ1) is 21.1. The van der Waals surface area contributed by atoms with Crippen molar-refractivity contribution < 1.29 is 33.3 Å². The zero-order chi connectivity index (χ0) is 30.3. The van der Waals surface area contributed by atoms with E-state index >= 15 is 0 Å². The third kappa shape index (κ3) is 9.83. The minimum Gasteiger partial charge on any atom is -0.379 e. The molecule has 1 aliphatic carbocycles. The van der Waals surface area contributed by atoms with Gasteiger partial charge in [0.15, 0.2) is 0 Å². The molecule has 9 nitrogen and oxygen atoms in total. The van der Waals surface area contributed by atoms with E-state index in [0.29, 0.717) is 84.7 Å². The van der Waals surface area contributed by atoms with Crippen LogP contribution >= 0.6 is 0 Å². The summed E-state index contributed by atoms with van der Waals surface area (Å²) in [6.45, 7) is 6.18. The molecule has 0 bridgehead atoms. The van der Waals surface area contributed by atoms with Gasteiger partial charge in [0.1, 0.15) is 5.78 Å². The van der Waals surface area contributed by atoms with Crippen molar-refractivity contribution in [2.75, 3.05) is 64.3 Å². The van der Waals surface area contributed by atoms with Gasteiger partial charge < -0.3 is 29.2 Å². The summed E-state index contributed by atoms with van der Waals surface area (Å²) in [5.74, 6) is 0.540. The van der Waals surface area contributed by atoms with Crippen molar-refractivity contribution in [1.29, 1.82) is 0 Å². The number of fused-ring (bicyclic) bond motifs is 5. The van der Waals surface area contributed by atoms with E-state index in [1.165, 1.54) is 5.56 Å². The summed E-state index contributed by atoms with van der Waals surface area (Å²) in [5, 5.41) is 2.83. The van der Waals surface area contributed by atoms with Gasteiger partial charge in [-0.3, -0.25) is 14.4 Å². The molecule has 4 rings (SSSR count). The van der Waals surface area contributed by atoms with Gasteiger partial charge in [0.2, 0.25) is 11.8 Å². The number of allylic oxidation sites excluding steroid dienone is 2. The second kappa shape index (κ2) is 17.7. The van der Waals surface area contributed by atoms with E-state index in [1.807, 2.05) is 36.1 Å². The number of nitrogens with one attached hydrogen (secondary N) is 1. The predicted octanol–water partition coefficient (Wildman–Crippen LogP) is 4.30. The average Bonchev–Trinajstić information content (AvgIpc) is 3.00. The first kappa shape index (κ1) is 32.5. The van der Waals surface area contributed by atoms with E-state index in [4.69, 9.17) is 18.9 Å². The molecule has 0 radical (unpaired) electrons. The summed E-state index contributed by atoms with van der Waals surface area (Å²) in [6.07, 6.45) is 5.71. The van der Waals surface area contributed by atoms with E-state index in [-0.39, 0.29) is 36.4 Å². The quantitative estimate of drug-likeness (QED) is 0.192. The smallest absolute Gasteiger partial charge is 0.227 e. The van der Waals surface area contributed by atoms with Crippen LogP contribution in [-0.2, 0) is 39.9 Å². The molecular weight excluding hydrogens is 548 g/mol. The number of ketones is 1. The standard InChI is InChI=1S/C34H44N2O7/c1-2-27(37)15-17-40-19-21-42-23-24-43-22-20-41-18-16-35-33(38)13-14-34(39)36-25-26-7-3-4-8-28(26)29-11-12-30(29)31-9-5-6-10-32(31)36/h3-12,29-30H,2,13-25H2,1H3,(H,35,38). The lowest BCUT2D eigenvalue weighted by atomic mass is 9.71. The molecule has 2 atom stereocenters. The van der Waals surface area contributed by atoms with Gasteiger partial charge >= 0.3 is 0 Å². The molecule has 1 heterocycles. The van der Waals surface area contributed by atoms with Gasteiger partial charge in [-0.25, -0.2) is 0 Å². The summed E-state index contributed by atoms with van der Waals surface area (Å²) in [7, 11) is 0. The van der Waals surface area contributed by atoms with Crippen molar-refractivity contribution in [3.8, 4) is 0 Å². The maximum Gasteiger partial charge on any atom is 0.227 e. The molecule has 2 aromatic rings. The molecule has 2 aliphatic rings. The Morgan fingerprint density at radius 1 is 0.721 bits per heavy atom. The number of rotatable bonds is 19. The molecule has 0 saturated carbocycles. The number of carbonyl (C=O) groups excluding carboxylic acids is 3. The van der Waals surface area contributed by atoms with Crippen LogP contribution in [0.3, 0.4) is 0 Å². The van der Waals surface area contributed by atoms with E-state index in [9.17, 15) is 14.4 Å². The fourth-order valence-electron chi connectivity index (χ4n) is 5.26.